The molecule has 1 saturated heterocycles. The molecule has 0 bridgehead atoms. The summed E-state index contributed by atoms with van der Waals surface area (Å²) in [5.74, 6) is 0.983. The van der Waals surface area contributed by atoms with Gasteiger partial charge in [0.1, 0.15) is 5.75 Å². The van der Waals surface area contributed by atoms with Gasteiger partial charge in [0.25, 0.3) is 0 Å². The van der Waals surface area contributed by atoms with Gasteiger partial charge in [-0.15, -0.1) is 0 Å². The van der Waals surface area contributed by atoms with E-state index in [1.54, 1.807) is 0 Å². The molecule has 0 saturated carbocycles. The predicted molar refractivity (Wildman–Crippen MR) is 85.6 cm³/mol. The van der Waals surface area contributed by atoms with Crippen LogP contribution < -0.4 is 5.32 Å². The molecule has 2 aromatic rings. The quantitative estimate of drug-likeness (QED) is 0.901. The highest BCUT2D eigenvalue weighted by molar-refractivity contribution is 5.89. The highest BCUT2D eigenvalue weighted by atomic mass is 16.5. The van der Waals surface area contributed by atoms with E-state index in [1.165, 1.54) is 6.42 Å². The number of rotatable bonds is 4. The van der Waals surface area contributed by atoms with Crippen LogP contribution in [-0.2, 0) is 4.74 Å². The molecule has 3 rings (SSSR count). The minimum absolute atomic E-state index is 0.136. The Morgan fingerprint density at radius 2 is 2.14 bits per heavy atom. The molecule has 1 aliphatic heterocycles. The number of phenolic OH excluding ortho intramolecular Hbond substituents is 1. The van der Waals surface area contributed by atoms with Crippen LogP contribution >= 0.6 is 0 Å². The van der Waals surface area contributed by atoms with Crippen molar-refractivity contribution in [3.05, 3.63) is 42.0 Å². The minimum Gasteiger partial charge on any atom is -0.507 e. The fraction of sp³-hybridized carbons (Fsp3) is 0.444. The van der Waals surface area contributed by atoms with Crippen molar-refractivity contribution < 1.29 is 9.84 Å². The molecule has 2 N–H and O–H groups in total. The maximum atomic E-state index is 10.5. The summed E-state index contributed by atoms with van der Waals surface area (Å²) in [5, 5.41) is 16.0. The first-order chi connectivity index (χ1) is 10.3. The Balaban J connectivity index is 1.71. The third kappa shape index (κ3) is 3.20. The summed E-state index contributed by atoms with van der Waals surface area (Å²) >= 11 is 0. The molecule has 0 amide bonds. The van der Waals surface area contributed by atoms with Gasteiger partial charge in [-0.25, -0.2) is 0 Å². The molecule has 1 aliphatic rings. The van der Waals surface area contributed by atoms with Gasteiger partial charge in [0, 0.05) is 30.1 Å². The summed E-state index contributed by atoms with van der Waals surface area (Å²) in [6, 6.07) is 12.2. The molecule has 0 radical (unpaired) electrons. The summed E-state index contributed by atoms with van der Waals surface area (Å²) in [6.45, 7) is 4.79. The van der Waals surface area contributed by atoms with E-state index in [9.17, 15) is 5.11 Å². The van der Waals surface area contributed by atoms with Crippen LogP contribution in [0.5, 0.6) is 5.75 Å². The van der Waals surface area contributed by atoms with Gasteiger partial charge in [0.15, 0.2) is 0 Å². The zero-order valence-electron chi connectivity index (χ0n) is 12.5. The fourth-order valence-electron chi connectivity index (χ4n) is 3.04. The number of benzene rings is 2. The second-order valence-electron chi connectivity index (χ2n) is 5.94. The lowest BCUT2D eigenvalue weighted by Gasteiger charge is -2.25. The Labute approximate surface area is 125 Å². The molecule has 2 unspecified atom stereocenters. The molecule has 1 fully saturated rings. The second-order valence-corrected chi connectivity index (χ2v) is 5.94. The van der Waals surface area contributed by atoms with Crippen molar-refractivity contribution in [1.82, 2.24) is 5.32 Å². The van der Waals surface area contributed by atoms with Crippen molar-refractivity contribution in [3.8, 4) is 5.75 Å². The Morgan fingerprint density at radius 3 is 2.95 bits per heavy atom. The summed E-state index contributed by atoms with van der Waals surface area (Å²) in [7, 11) is 0. The number of hydrogen-bond donors (Lipinski definition) is 2. The highest BCUT2D eigenvalue weighted by Gasteiger charge is 2.17. The van der Waals surface area contributed by atoms with Crippen molar-refractivity contribution in [2.45, 2.75) is 25.8 Å². The number of nitrogens with one attached hydrogen (secondary N) is 1. The molecule has 0 aliphatic carbocycles. The third-order valence-electron chi connectivity index (χ3n) is 4.37. The minimum atomic E-state index is 0.136. The number of hydrogen-bond acceptors (Lipinski definition) is 3. The third-order valence-corrected chi connectivity index (χ3v) is 4.37. The molecule has 3 heteroatoms. The largest absolute Gasteiger partial charge is 0.507 e. The van der Waals surface area contributed by atoms with Gasteiger partial charge < -0.3 is 15.2 Å². The Bertz CT molecular complexity index is 605. The second kappa shape index (κ2) is 6.46. The SMILES string of the molecule is CC(NCC1CCCOC1)c1ccc2ccccc2c1O. The van der Waals surface area contributed by atoms with Crippen LogP contribution in [0.2, 0.25) is 0 Å². The number of phenols is 1. The van der Waals surface area contributed by atoms with Gasteiger partial charge in [-0.1, -0.05) is 36.4 Å². The summed E-state index contributed by atoms with van der Waals surface area (Å²) in [5.41, 5.74) is 0.963. The van der Waals surface area contributed by atoms with Crippen LogP contribution in [0, 0.1) is 5.92 Å². The monoisotopic (exact) mass is 285 g/mol. The van der Waals surface area contributed by atoms with E-state index >= 15 is 0 Å². The summed E-state index contributed by atoms with van der Waals surface area (Å²) in [4.78, 5) is 0. The average Bonchev–Trinajstić information content (AvgIpc) is 2.54. The van der Waals surface area contributed by atoms with E-state index in [1.807, 2.05) is 30.3 Å². The standard InChI is InChI=1S/C18H23NO2/c1-13(19-11-14-5-4-10-21-12-14)16-9-8-15-6-2-3-7-17(15)18(16)20/h2-3,6-9,13-14,19-20H,4-5,10-12H2,1H3. The zero-order chi connectivity index (χ0) is 14.7. The lowest BCUT2D eigenvalue weighted by Crippen LogP contribution is -2.30. The van der Waals surface area contributed by atoms with Crippen LogP contribution in [0.15, 0.2) is 36.4 Å². The van der Waals surface area contributed by atoms with Gasteiger partial charge in [0.2, 0.25) is 0 Å². The molecule has 0 spiro atoms. The van der Waals surface area contributed by atoms with Crippen LogP contribution in [-0.4, -0.2) is 24.9 Å². The topological polar surface area (TPSA) is 41.5 Å². The lowest BCUT2D eigenvalue weighted by atomic mass is 9.99. The van der Waals surface area contributed by atoms with Gasteiger partial charge in [-0.05, 0) is 31.1 Å². The molecular formula is C18H23NO2. The van der Waals surface area contributed by atoms with Crippen molar-refractivity contribution in [3.63, 3.8) is 0 Å². The first-order valence-corrected chi connectivity index (χ1v) is 7.77. The number of aromatic hydroxyl groups is 1. The molecule has 3 nitrogen and oxygen atoms in total. The smallest absolute Gasteiger partial charge is 0.128 e. The van der Waals surface area contributed by atoms with Gasteiger partial charge in [-0.2, -0.15) is 0 Å². The first kappa shape index (κ1) is 14.4. The highest BCUT2D eigenvalue weighted by Crippen LogP contribution is 2.32. The number of fused-ring (bicyclic) bond motifs is 1. The number of ether oxygens (including phenoxy) is 1. The van der Waals surface area contributed by atoms with Crippen LogP contribution in [0.25, 0.3) is 10.8 Å². The van der Waals surface area contributed by atoms with E-state index in [0.717, 1.165) is 42.5 Å². The predicted octanol–water partition coefficient (Wildman–Crippen LogP) is 3.62. The normalized spacial score (nSPS) is 20.5. The molecule has 21 heavy (non-hydrogen) atoms. The lowest BCUT2D eigenvalue weighted by molar-refractivity contribution is 0.0540. The maximum absolute atomic E-state index is 10.5. The summed E-state index contributed by atoms with van der Waals surface area (Å²) in [6.07, 6.45) is 2.38. The fourth-order valence-corrected chi connectivity index (χ4v) is 3.04. The van der Waals surface area contributed by atoms with Gasteiger partial charge in [-0.3, -0.25) is 0 Å². The van der Waals surface area contributed by atoms with Crippen LogP contribution in [0.3, 0.4) is 0 Å². The average molecular weight is 285 g/mol. The Hall–Kier alpha value is -1.58. The maximum Gasteiger partial charge on any atom is 0.128 e. The summed E-state index contributed by atoms with van der Waals surface area (Å²) < 4.78 is 5.51. The molecular weight excluding hydrogens is 262 g/mol. The molecule has 2 aromatic carbocycles. The first-order valence-electron chi connectivity index (χ1n) is 7.77. The van der Waals surface area contributed by atoms with Gasteiger partial charge >= 0.3 is 0 Å². The zero-order valence-corrected chi connectivity index (χ0v) is 12.5. The van der Waals surface area contributed by atoms with Crippen LogP contribution in [0.1, 0.15) is 31.4 Å². The molecule has 1 heterocycles. The molecule has 0 aromatic heterocycles. The van der Waals surface area contributed by atoms with Crippen molar-refractivity contribution in [2.24, 2.45) is 5.92 Å². The Morgan fingerprint density at radius 1 is 1.29 bits per heavy atom. The van der Waals surface area contributed by atoms with Gasteiger partial charge in [0.05, 0.1) is 6.61 Å². The van der Waals surface area contributed by atoms with E-state index < -0.39 is 0 Å². The van der Waals surface area contributed by atoms with E-state index in [0.29, 0.717) is 11.7 Å². The van der Waals surface area contributed by atoms with E-state index in [-0.39, 0.29) is 6.04 Å². The Kier molecular flexibility index (Phi) is 4.42. The molecule has 2 atom stereocenters. The van der Waals surface area contributed by atoms with E-state index in [2.05, 4.69) is 18.3 Å². The van der Waals surface area contributed by atoms with Crippen molar-refractivity contribution in [1.29, 1.82) is 0 Å². The van der Waals surface area contributed by atoms with Crippen molar-refractivity contribution >= 4 is 10.8 Å². The van der Waals surface area contributed by atoms with Crippen LogP contribution in [0.4, 0.5) is 0 Å². The van der Waals surface area contributed by atoms with Crippen molar-refractivity contribution in [2.75, 3.05) is 19.8 Å². The van der Waals surface area contributed by atoms with E-state index in [4.69, 9.17) is 4.74 Å². The molecule has 112 valence electrons.